The molecule has 3 aromatic carbocycles. The number of nitrogens with one attached hydrogen (secondary N) is 1. The zero-order valence-electron chi connectivity index (χ0n) is 18.0. The fourth-order valence-electron chi connectivity index (χ4n) is 3.38. The molecule has 1 aliphatic rings. The normalized spacial score (nSPS) is 13.1. The van der Waals surface area contributed by atoms with Gasteiger partial charge < -0.3 is 14.8 Å². The van der Waals surface area contributed by atoms with Gasteiger partial charge in [-0.2, -0.15) is 4.31 Å². The molecule has 0 spiro atoms. The monoisotopic (exact) mass is 486 g/mol. The van der Waals surface area contributed by atoms with E-state index in [-0.39, 0.29) is 11.4 Å². The van der Waals surface area contributed by atoms with Gasteiger partial charge in [0.1, 0.15) is 13.2 Å². The molecular weight excluding hydrogens is 464 g/mol. The first-order valence-corrected chi connectivity index (χ1v) is 12.1. The van der Waals surface area contributed by atoms with E-state index in [4.69, 9.17) is 21.1 Å². The van der Waals surface area contributed by atoms with Gasteiger partial charge >= 0.3 is 0 Å². The highest BCUT2D eigenvalue weighted by atomic mass is 35.5. The summed E-state index contributed by atoms with van der Waals surface area (Å²) in [6.45, 7) is 2.32. The van der Waals surface area contributed by atoms with Crippen LogP contribution in [0.15, 0.2) is 71.6 Å². The Kier molecular flexibility index (Phi) is 6.88. The van der Waals surface area contributed by atoms with Crippen LogP contribution in [0.2, 0.25) is 5.02 Å². The molecule has 1 N–H and O–H groups in total. The van der Waals surface area contributed by atoms with E-state index in [9.17, 15) is 13.2 Å². The van der Waals surface area contributed by atoms with E-state index in [0.29, 0.717) is 41.0 Å². The summed E-state index contributed by atoms with van der Waals surface area (Å²) in [6.07, 6.45) is 0. The molecule has 1 aliphatic heterocycles. The largest absolute Gasteiger partial charge is 0.486 e. The maximum absolute atomic E-state index is 13.4. The highest BCUT2D eigenvalue weighted by Crippen LogP contribution is 2.32. The third kappa shape index (κ3) is 5.47. The second-order valence-corrected chi connectivity index (χ2v) is 9.93. The van der Waals surface area contributed by atoms with E-state index < -0.39 is 22.5 Å². The Labute approximate surface area is 197 Å². The van der Waals surface area contributed by atoms with Gasteiger partial charge in [-0.15, -0.1) is 0 Å². The molecule has 9 heteroatoms. The molecule has 0 atom stereocenters. The van der Waals surface area contributed by atoms with Crippen molar-refractivity contribution in [3.05, 3.63) is 82.9 Å². The van der Waals surface area contributed by atoms with Crippen molar-refractivity contribution in [1.82, 2.24) is 4.31 Å². The fraction of sp³-hybridized carbons (Fsp3) is 0.208. The highest BCUT2D eigenvalue weighted by molar-refractivity contribution is 7.89. The zero-order chi connectivity index (χ0) is 23.4. The Bertz CT molecular complexity index is 1260. The Morgan fingerprint density at radius 3 is 2.42 bits per heavy atom. The van der Waals surface area contributed by atoms with Crippen LogP contribution in [0, 0.1) is 6.92 Å². The molecule has 172 valence electrons. The van der Waals surface area contributed by atoms with Gasteiger partial charge in [0.05, 0.1) is 11.4 Å². The van der Waals surface area contributed by atoms with Crippen molar-refractivity contribution >= 4 is 33.2 Å². The lowest BCUT2D eigenvalue weighted by molar-refractivity contribution is -0.116. The summed E-state index contributed by atoms with van der Waals surface area (Å²) in [7, 11) is -3.97. The number of sulfonamides is 1. The molecule has 1 amide bonds. The first kappa shape index (κ1) is 23.1. The van der Waals surface area contributed by atoms with Crippen LogP contribution in [0.25, 0.3) is 0 Å². The third-order valence-electron chi connectivity index (χ3n) is 5.11. The Hall–Kier alpha value is -3.07. The van der Waals surface area contributed by atoms with Crippen molar-refractivity contribution in [1.29, 1.82) is 0 Å². The minimum absolute atomic E-state index is 0.0511. The molecule has 0 saturated heterocycles. The Balaban J connectivity index is 1.58. The van der Waals surface area contributed by atoms with Crippen LogP contribution in [-0.2, 0) is 21.4 Å². The molecule has 0 aromatic heterocycles. The van der Waals surface area contributed by atoms with E-state index in [1.165, 1.54) is 12.1 Å². The predicted octanol–water partition coefficient (Wildman–Crippen LogP) is 4.25. The number of fused-ring (bicyclic) bond motifs is 1. The van der Waals surface area contributed by atoms with E-state index in [1.807, 2.05) is 6.92 Å². The first-order valence-electron chi connectivity index (χ1n) is 10.3. The maximum atomic E-state index is 13.4. The van der Waals surface area contributed by atoms with Crippen LogP contribution in [0.4, 0.5) is 5.69 Å². The molecule has 0 radical (unpaired) electrons. The van der Waals surface area contributed by atoms with Gasteiger partial charge in [-0.05, 0) is 42.8 Å². The smallest absolute Gasteiger partial charge is 0.243 e. The van der Waals surface area contributed by atoms with Crippen LogP contribution >= 0.6 is 11.6 Å². The third-order valence-corrected chi connectivity index (χ3v) is 7.28. The van der Waals surface area contributed by atoms with Crippen molar-refractivity contribution in [3.8, 4) is 11.5 Å². The Morgan fingerprint density at radius 2 is 1.70 bits per heavy atom. The summed E-state index contributed by atoms with van der Waals surface area (Å²) in [5.74, 6) is 0.634. The molecule has 7 nitrogen and oxygen atoms in total. The minimum atomic E-state index is -3.97. The van der Waals surface area contributed by atoms with E-state index in [1.54, 1.807) is 54.6 Å². The van der Waals surface area contributed by atoms with Gasteiger partial charge in [-0.1, -0.05) is 47.5 Å². The number of nitrogens with zero attached hydrogens (tertiary/aromatic N) is 1. The number of rotatable bonds is 7. The van der Waals surface area contributed by atoms with Crippen LogP contribution in [-0.4, -0.2) is 38.4 Å². The SMILES string of the molecule is Cc1ccc(S(=O)(=O)N(CC(=O)Nc2ccc3c(c2)OCCO3)Cc2ccccc2Cl)cc1. The second kappa shape index (κ2) is 9.82. The summed E-state index contributed by atoms with van der Waals surface area (Å²) in [5, 5.41) is 3.17. The molecule has 0 fully saturated rings. The average Bonchev–Trinajstić information content (AvgIpc) is 2.80. The standard InChI is InChI=1S/C24H23ClN2O5S/c1-17-6-9-20(10-7-17)33(29,30)27(15-18-4-2-3-5-21(18)25)16-24(28)26-19-8-11-22-23(14-19)32-13-12-31-22/h2-11,14H,12-13,15-16H2,1H3,(H,26,28). The quantitative estimate of drug-likeness (QED) is 0.539. The van der Waals surface area contributed by atoms with Gasteiger partial charge in [0, 0.05) is 23.3 Å². The molecule has 0 saturated carbocycles. The van der Waals surface area contributed by atoms with Crippen LogP contribution in [0.1, 0.15) is 11.1 Å². The molecule has 3 aromatic rings. The number of halogens is 1. The van der Waals surface area contributed by atoms with E-state index >= 15 is 0 Å². The molecule has 4 rings (SSSR count). The topological polar surface area (TPSA) is 84.9 Å². The summed E-state index contributed by atoms with van der Waals surface area (Å²) in [5.41, 5.74) is 2.01. The summed E-state index contributed by atoms with van der Waals surface area (Å²) in [4.78, 5) is 13.0. The van der Waals surface area contributed by atoms with Gasteiger partial charge in [0.15, 0.2) is 11.5 Å². The van der Waals surface area contributed by atoms with Crippen molar-refractivity contribution in [2.24, 2.45) is 0 Å². The number of carbonyl (C=O) groups excluding carboxylic acids is 1. The number of hydrogen-bond donors (Lipinski definition) is 1. The number of amides is 1. The number of hydrogen-bond acceptors (Lipinski definition) is 5. The molecule has 1 heterocycles. The second-order valence-electron chi connectivity index (χ2n) is 7.58. The Morgan fingerprint density at radius 1 is 1.00 bits per heavy atom. The maximum Gasteiger partial charge on any atom is 0.243 e. The fourth-order valence-corrected chi connectivity index (χ4v) is 4.95. The molecule has 0 unspecified atom stereocenters. The first-order chi connectivity index (χ1) is 15.8. The van der Waals surface area contributed by atoms with Crippen molar-refractivity contribution in [3.63, 3.8) is 0 Å². The van der Waals surface area contributed by atoms with Gasteiger partial charge in [-0.3, -0.25) is 4.79 Å². The lowest BCUT2D eigenvalue weighted by atomic mass is 10.2. The average molecular weight is 487 g/mol. The lowest BCUT2D eigenvalue weighted by Gasteiger charge is -2.23. The van der Waals surface area contributed by atoms with Crippen molar-refractivity contribution in [2.45, 2.75) is 18.4 Å². The van der Waals surface area contributed by atoms with Crippen LogP contribution in [0.5, 0.6) is 11.5 Å². The number of ether oxygens (including phenoxy) is 2. The van der Waals surface area contributed by atoms with E-state index in [2.05, 4.69) is 5.32 Å². The van der Waals surface area contributed by atoms with Crippen LogP contribution in [0.3, 0.4) is 0 Å². The molecule has 0 aliphatic carbocycles. The summed E-state index contributed by atoms with van der Waals surface area (Å²) < 4.78 is 39.0. The van der Waals surface area contributed by atoms with Crippen LogP contribution < -0.4 is 14.8 Å². The van der Waals surface area contributed by atoms with Crippen molar-refractivity contribution < 1.29 is 22.7 Å². The number of benzene rings is 3. The molecule has 0 bridgehead atoms. The number of carbonyl (C=O) groups is 1. The minimum Gasteiger partial charge on any atom is -0.486 e. The van der Waals surface area contributed by atoms with E-state index in [0.717, 1.165) is 9.87 Å². The van der Waals surface area contributed by atoms with Crippen molar-refractivity contribution in [2.75, 3.05) is 25.1 Å². The zero-order valence-corrected chi connectivity index (χ0v) is 19.5. The predicted molar refractivity (Wildman–Crippen MR) is 126 cm³/mol. The molecular formula is C24H23ClN2O5S. The number of aryl methyl sites for hydroxylation is 1. The number of anilines is 1. The highest BCUT2D eigenvalue weighted by Gasteiger charge is 2.27. The van der Waals surface area contributed by atoms with Gasteiger partial charge in [0.25, 0.3) is 0 Å². The summed E-state index contributed by atoms with van der Waals surface area (Å²) >= 11 is 6.27. The summed E-state index contributed by atoms with van der Waals surface area (Å²) in [6, 6.07) is 18.5. The van der Waals surface area contributed by atoms with Gasteiger partial charge in [-0.25, -0.2) is 8.42 Å². The lowest BCUT2D eigenvalue weighted by Crippen LogP contribution is -2.37. The van der Waals surface area contributed by atoms with Gasteiger partial charge in [0.2, 0.25) is 15.9 Å². The molecule has 33 heavy (non-hydrogen) atoms.